The Bertz CT molecular complexity index is 459. The van der Waals surface area contributed by atoms with E-state index in [0.717, 1.165) is 35.8 Å². The van der Waals surface area contributed by atoms with Gasteiger partial charge in [-0.2, -0.15) is 0 Å². The first kappa shape index (κ1) is 15.7. The fourth-order valence-electron chi connectivity index (χ4n) is 3.28. The number of ether oxygens (including phenoxy) is 1. The maximum absolute atomic E-state index is 9.92. The molecule has 1 aliphatic heterocycles. The molecule has 1 saturated carbocycles. The molecule has 0 amide bonds. The molecule has 4 atom stereocenters. The molecule has 1 fully saturated rings. The molecule has 4 rings (SSSR count). The average molecular weight is 292 g/mol. The number of rotatable bonds is 1. The number of esters is 2. The van der Waals surface area contributed by atoms with Gasteiger partial charge in [0, 0.05) is 12.2 Å². The van der Waals surface area contributed by atoms with Crippen molar-refractivity contribution in [1.82, 2.24) is 0 Å². The van der Waals surface area contributed by atoms with Crippen molar-refractivity contribution in [3.63, 3.8) is 0 Å². The van der Waals surface area contributed by atoms with Crippen molar-refractivity contribution < 1.29 is 24.5 Å². The Kier molecular flexibility index (Phi) is 5.47. The molecule has 0 radical (unpaired) electrons. The van der Waals surface area contributed by atoms with Crippen LogP contribution in [0.3, 0.4) is 0 Å². The van der Waals surface area contributed by atoms with Crippen LogP contribution in [0.15, 0.2) is 36.5 Å². The summed E-state index contributed by atoms with van der Waals surface area (Å²) < 4.78 is 3.97. The largest absolute Gasteiger partial charge is 0.394 e. The molecule has 0 spiro atoms. The van der Waals surface area contributed by atoms with Gasteiger partial charge in [0.15, 0.2) is 0 Å². The molecule has 0 aromatic carbocycles. The molecular weight excluding hydrogens is 272 g/mol. The van der Waals surface area contributed by atoms with Gasteiger partial charge in [-0.05, 0) is 36.5 Å². The molecule has 2 N–H and O–H groups in total. The third-order valence-electron chi connectivity index (χ3n) is 4.11. The van der Waals surface area contributed by atoms with Gasteiger partial charge in [-0.3, -0.25) is 0 Å². The highest BCUT2D eigenvalue weighted by molar-refractivity contribution is 6.04. The number of hydrogen-bond acceptors (Lipinski definition) is 5. The first-order chi connectivity index (χ1) is 10.2. The Labute approximate surface area is 123 Å². The molecule has 5 nitrogen and oxygen atoms in total. The van der Waals surface area contributed by atoms with Crippen molar-refractivity contribution in [2.45, 2.75) is 12.8 Å². The van der Waals surface area contributed by atoms with E-state index in [2.05, 4.69) is 29.0 Å². The van der Waals surface area contributed by atoms with Crippen LogP contribution < -0.4 is 0 Å². The highest BCUT2D eigenvalue weighted by Crippen LogP contribution is 2.52. The predicted octanol–water partition coefficient (Wildman–Crippen LogP) is 0.982. The monoisotopic (exact) mass is 292 g/mol. The quantitative estimate of drug-likeness (QED) is 0.427. The van der Waals surface area contributed by atoms with E-state index in [1.807, 2.05) is 0 Å². The van der Waals surface area contributed by atoms with Crippen molar-refractivity contribution in [3.8, 4) is 0 Å². The van der Waals surface area contributed by atoms with E-state index in [-0.39, 0.29) is 13.2 Å². The zero-order valence-electron chi connectivity index (χ0n) is 11.7. The second-order valence-corrected chi connectivity index (χ2v) is 5.37. The van der Waals surface area contributed by atoms with E-state index in [0.29, 0.717) is 0 Å². The lowest BCUT2D eigenvalue weighted by molar-refractivity contribution is -0.150. The topological polar surface area (TPSA) is 83.8 Å². The second-order valence-electron chi connectivity index (χ2n) is 5.37. The SMILES string of the molecule is C1=CC2C3C=CC(C3)C2C1.O=C1C=CC(=O)O1.OCCO. The summed E-state index contributed by atoms with van der Waals surface area (Å²) in [6.07, 6.45) is 14.7. The molecule has 114 valence electrons. The van der Waals surface area contributed by atoms with E-state index in [4.69, 9.17) is 10.2 Å². The fraction of sp³-hybridized carbons (Fsp3) is 0.500. The van der Waals surface area contributed by atoms with Gasteiger partial charge in [-0.15, -0.1) is 0 Å². The summed E-state index contributed by atoms with van der Waals surface area (Å²) >= 11 is 0. The number of cyclic esters (lactones) is 2. The van der Waals surface area contributed by atoms with Gasteiger partial charge in [0.05, 0.1) is 13.2 Å². The molecule has 0 aromatic heterocycles. The summed E-state index contributed by atoms with van der Waals surface area (Å²) in [6.45, 7) is -0.250. The average Bonchev–Trinajstić information content (AvgIpc) is 3.21. The van der Waals surface area contributed by atoms with Crippen LogP contribution in [0.25, 0.3) is 0 Å². The van der Waals surface area contributed by atoms with Gasteiger partial charge in [-0.1, -0.05) is 24.3 Å². The Morgan fingerprint density at radius 2 is 1.62 bits per heavy atom. The zero-order chi connectivity index (χ0) is 15.2. The van der Waals surface area contributed by atoms with Crippen LogP contribution in [0.2, 0.25) is 0 Å². The third kappa shape index (κ3) is 3.89. The molecule has 4 unspecified atom stereocenters. The van der Waals surface area contributed by atoms with Crippen LogP contribution in [0.4, 0.5) is 0 Å². The first-order valence-electron chi connectivity index (χ1n) is 7.16. The van der Waals surface area contributed by atoms with Gasteiger partial charge in [0.1, 0.15) is 0 Å². The van der Waals surface area contributed by atoms with Gasteiger partial charge < -0.3 is 14.9 Å². The minimum Gasteiger partial charge on any atom is -0.394 e. The van der Waals surface area contributed by atoms with Gasteiger partial charge >= 0.3 is 11.9 Å². The Morgan fingerprint density at radius 1 is 1.00 bits per heavy atom. The van der Waals surface area contributed by atoms with Crippen molar-refractivity contribution in [2.24, 2.45) is 23.7 Å². The summed E-state index contributed by atoms with van der Waals surface area (Å²) in [5.41, 5.74) is 0. The Hall–Kier alpha value is -1.72. The van der Waals surface area contributed by atoms with E-state index in [1.54, 1.807) is 0 Å². The standard InChI is InChI=1S/C10H12.C4H2O3.C2H6O2/c1-2-9-7-4-5-8(6-7)10(9)3-1;5-3-1-2-4(6)7-3;3-1-2-4/h1-2,4-5,7-10H,3,6H2;1-2H;3-4H,1-2H2. The molecule has 2 bridgehead atoms. The van der Waals surface area contributed by atoms with Crippen LogP contribution in [-0.2, 0) is 14.3 Å². The molecule has 4 aliphatic rings. The molecule has 0 saturated heterocycles. The van der Waals surface area contributed by atoms with E-state index in [1.165, 1.54) is 12.8 Å². The highest BCUT2D eigenvalue weighted by atomic mass is 16.6. The van der Waals surface area contributed by atoms with Crippen LogP contribution >= 0.6 is 0 Å². The minimum atomic E-state index is -0.579. The lowest BCUT2D eigenvalue weighted by atomic mass is 9.86. The lowest BCUT2D eigenvalue weighted by Crippen LogP contribution is -2.12. The summed E-state index contributed by atoms with van der Waals surface area (Å²) in [4.78, 5) is 19.8. The third-order valence-corrected chi connectivity index (χ3v) is 4.11. The van der Waals surface area contributed by atoms with Crippen LogP contribution in [-0.4, -0.2) is 35.4 Å². The molecule has 5 heteroatoms. The summed E-state index contributed by atoms with van der Waals surface area (Å²) in [5.74, 6) is 2.67. The Morgan fingerprint density at radius 3 is 2.10 bits per heavy atom. The van der Waals surface area contributed by atoms with Crippen molar-refractivity contribution in [1.29, 1.82) is 0 Å². The van der Waals surface area contributed by atoms with Crippen LogP contribution in [0, 0.1) is 23.7 Å². The van der Waals surface area contributed by atoms with Crippen molar-refractivity contribution in [3.05, 3.63) is 36.5 Å². The van der Waals surface area contributed by atoms with E-state index >= 15 is 0 Å². The van der Waals surface area contributed by atoms with Crippen LogP contribution in [0.1, 0.15) is 12.8 Å². The summed E-state index contributed by atoms with van der Waals surface area (Å²) in [7, 11) is 0. The molecule has 3 aliphatic carbocycles. The van der Waals surface area contributed by atoms with E-state index < -0.39 is 11.9 Å². The number of carbonyl (C=O) groups is 2. The molecular formula is C16H20O5. The maximum Gasteiger partial charge on any atom is 0.338 e. The van der Waals surface area contributed by atoms with Gasteiger partial charge in [-0.25, -0.2) is 9.59 Å². The molecule has 1 heterocycles. The number of aliphatic hydroxyl groups is 2. The van der Waals surface area contributed by atoms with Crippen molar-refractivity contribution >= 4 is 11.9 Å². The predicted molar refractivity (Wildman–Crippen MR) is 75.9 cm³/mol. The number of carbonyl (C=O) groups excluding carboxylic acids is 2. The Balaban J connectivity index is 0.000000130. The van der Waals surface area contributed by atoms with Gasteiger partial charge in [0.2, 0.25) is 0 Å². The van der Waals surface area contributed by atoms with Gasteiger partial charge in [0.25, 0.3) is 0 Å². The highest BCUT2D eigenvalue weighted by Gasteiger charge is 2.44. The maximum atomic E-state index is 9.92. The fourth-order valence-corrected chi connectivity index (χ4v) is 3.28. The summed E-state index contributed by atoms with van der Waals surface area (Å²) in [5, 5.41) is 15.2. The number of aliphatic hydroxyl groups excluding tert-OH is 2. The first-order valence-corrected chi connectivity index (χ1v) is 7.16. The number of fused-ring (bicyclic) bond motifs is 5. The summed E-state index contributed by atoms with van der Waals surface area (Å²) in [6, 6.07) is 0. The second kappa shape index (κ2) is 7.33. The minimum absolute atomic E-state index is 0.125. The van der Waals surface area contributed by atoms with Crippen LogP contribution in [0.5, 0.6) is 0 Å². The molecule has 0 aromatic rings. The van der Waals surface area contributed by atoms with E-state index in [9.17, 15) is 9.59 Å². The number of allylic oxidation sites excluding steroid dienone is 4. The van der Waals surface area contributed by atoms with Crippen molar-refractivity contribution in [2.75, 3.05) is 13.2 Å². The normalized spacial score (nSPS) is 33.2. The molecule has 21 heavy (non-hydrogen) atoms. The number of hydrogen-bond donors (Lipinski definition) is 2. The lowest BCUT2D eigenvalue weighted by Gasteiger charge is -2.18. The zero-order valence-corrected chi connectivity index (χ0v) is 11.7. The smallest absolute Gasteiger partial charge is 0.338 e.